The second-order valence-electron chi connectivity index (χ2n) is 5.05. The van der Waals surface area contributed by atoms with E-state index >= 15 is 0 Å². The van der Waals surface area contributed by atoms with Gasteiger partial charge in [-0.25, -0.2) is 18.1 Å². The Morgan fingerprint density at radius 1 is 1.20 bits per heavy atom. The SMILES string of the molecule is C=CCc1c(O)c(F)cc(F)c1-n1c(=O)cc(C(F)(F)F)n(C)c1=O. The Morgan fingerprint density at radius 3 is 2.32 bits per heavy atom. The highest BCUT2D eigenvalue weighted by atomic mass is 19.4. The van der Waals surface area contributed by atoms with Crippen LogP contribution in [-0.4, -0.2) is 14.2 Å². The van der Waals surface area contributed by atoms with Crippen molar-refractivity contribution in [1.29, 1.82) is 0 Å². The van der Waals surface area contributed by atoms with Crippen LogP contribution in [0.4, 0.5) is 22.0 Å². The number of aromatic hydroxyl groups is 1. The first kappa shape index (κ1) is 18.4. The molecular formula is C15H11F5N2O3. The van der Waals surface area contributed by atoms with Crippen molar-refractivity contribution in [2.45, 2.75) is 12.6 Å². The van der Waals surface area contributed by atoms with Crippen molar-refractivity contribution in [3.8, 4) is 11.4 Å². The Balaban J connectivity index is 2.97. The van der Waals surface area contributed by atoms with E-state index in [1.54, 1.807) is 0 Å². The van der Waals surface area contributed by atoms with E-state index in [4.69, 9.17) is 0 Å². The minimum absolute atomic E-state index is 0.0998. The first-order chi connectivity index (χ1) is 11.5. The summed E-state index contributed by atoms with van der Waals surface area (Å²) in [6, 6.07) is 0.333. The zero-order chi connectivity index (χ0) is 19.1. The lowest BCUT2D eigenvalue weighted by atomic mass is 10.1. The largest absolute Gasteiger partial charge is 0.505 e. The second kappa shape index (κ2) is 6.19. The maximum Gasteiger partial charge on any atom is 0.431 e. The Hall–Kier alpha value is -2.91. The number of alkyl halides is 3. The topological polar surface area (TPSA) is 64.2 Å². The van der Waals surface area contributed by atoms with Crippen LogP contribution in [-0.2, 0) is 19.6 Å². The lowest BCUT2D eigenvalue weighted by molar-refractivity contribution is -0.144. The fourth-order valence-electron chi connectivity index (χ4n) is 2.33. The van der Waals surface area contributed by atoms with Gasteiger partial charge >= 0.3 is 11.9 Å². The van der Waals surface area contributed by atoms with Crippen LogP contribution in [0.5, 0.6) is 5.75 Å². The molecule has 0 bridgehead atoms. The van der Waals surface area contributed by atoms with Crippen molar-refractivity contribution >= 4 is 0 Å². The summed E-state index contributed by atoms with van der Waals surface area (Å²) in [5.74, 6) is -3.79. The van der Waals surface area contributed by atoms with Crippen molar-refractivity contribution in [3.63, 3.8) is 0 Å². The molecule has 0 atom stereocenters. The van der Waals surface area contributed by atoms with Crippen molar-refractivity contribution < 1.29 is 27.1 Å². The summed E-state index contributed by atoms with van der Waals surface area (Å²) >= 11 is 0. The maximum absolute atomic E-state index is 14.2. The van der Waals surface area contributed by atoms with Crippen LogP contribution in [0.2, 0.25) is 0 Å². The Labute approximate surface area is 136 Å². The van der Waals surface area contributed by atoms with Crippen LogP contribution in [0.1, 0.15) is 11.3 Å². The van der Waals surface area contributed by atoms with Gasteiger partial charge in [0.05, 0.1) is 5.69 Å². The fourth-order valence-corrected chi connectivity index (χ4v) is 2.33. The van der Waals surface area contributed by atoms with Gasteiger partial charge in [0.2, 0.25) is 0 Å². The number of phenolic OH excluding ortho intramolecular Hbond substituents is 1. The summed E-state index contributed by atoms with van der Waals surface area (Å²) in [6.07, 6.45) is -4.19. The van der Waals surface area contributed by atoms with Gasteiger partial charge < -0.3 is 5.11 Å². The maximum atomic E-state index is 14.2. The molecular weight excluding hydrogens is 351 g/mol. The minimum atomic E-state index is -4.99. The number of allylic oxidation sites excluding steroid dienone is 1. The molecule has 0 amide bonds. The molecule has 1 N–H and O–H groups in total. The first-order valence-electron chi connectivity index (χ1n) is 6.72. The molecule has 2 rings (SSSR count). The summed E-state index contributed by atoms with van der Waals surface area (Å²) in [5, 5.41) is 9.74. The number of halogens is 5. The summed E-state index contributed by atoms with van der Waals surface area (Å²) in [5.41, 5.74) is -5.85. The predicted octanol–water partition coefficient (Wildman–Crippen LogP) is 2.27. The van der Waals surface area contributed by atoms with E-state index in [1.807, 2.05) is 0 Å². The van der Waals surface area contributed by atoms with E-state index < -0.39 is 51.8 Å². The Morgan fingerprint density at radius 2 is 1.80 bits per heavy atom. The molecule has 134 valence electrons. The second-order valence-corrected chi connectivity index (χ2v) is 5.05. The molecule has 0 saturated heterocycles. The average Bonchev–Trinajstić information content (AvgIpc) is 2.50. The highest BCUT2D eigenvalue weighted by Crippen LogP contribution is 2.31. The van der Waals surface area contributed by atoms with Gasteiger partial charge in [0.1, 0.15) is 5.69 Å². The third-order valence-corrected chi connectivity index (χ3v) is 3.46. The highest BCUT2D eigenvalue weighted by Gasteiger charge is 2.35. The molecule has 0 aliphatic carbocycles. The normalized spacial score (nSPS) is 11.6. The minimum Gasteiger partial charge on any atom is -0.505 e. The summed E-state index contributed by atoms with van der Waals surface area (Å²) in [6.45, 7) is 3.32. The number of phenols is 1. The van der Waals surface area contributed by atoms with Crippen LogP contribution in [0.25, 0.3) is 5.69 Å². The lowest BCUT2D eigenvalue weighted by Crippen LogP contribution is -2.41. The monoisotopic (exact) mass is 362 g/mol. The molecule has 0 unspecified atom stereocenters. The van der Waals surface area contributed by atoms with Crippen molar-refractivity contribution in [2.75, 3.05) is 0 Å². The smallest absolute Gasteiger partial charge is 0.431 e. The number of benzene rings is 1. The first-order valence-corrected chi connectivity index (χ1v) is 6.72. The van der Waals surface area contributed by atoms with E-state index in [0.29, 0.717) is 0 Å². The van der Waals surface area contributed by atoms with E-state index in [1.165, 1.54) is 0 Å². The standard InChI is InChI=1S/C15H11F5N2O3/c1-3-4-7-12(8(16)5-9(17)13(7)24)22-11(23)6-10(15(18,19)20)21(2)14(22)25/h3,5-6,24H,1,4H2,2H3. The summed E-state index contributed by atoms with van der Waals surface area (Å²) in [4.78, 5) is 24.3. The van der Waals surface area contributed by atoms with Crippen LogP contribution >= 0.6 is 0 Å². The number of nitrogens with zero attached hydrogens (tertiary/aromatic N) is 2. The van der Waals surface area contributed by atoms with Gasteiger partial charge in [-0.15, -0.1) is 6.58 Å². The van der Waals surface area contributed by atoms with E-state index in [-0.39, 0.29) is 27.7 Å². The van der Waals surface area contributed by atoms with E-state index in [2.05, 4.69) is 6.58 Å². The zero-order valence-corrected chi connectivity index (χ0v) is 12.7. The van der Waals surface area contributed by atoms with Gasteiger partial charge in [0, 0.05) is 24.7 Å². The average molecular weight is 362 g/mol. The molecule has 1 aromatic heterocycles. The van der Waals surface area contributed by atoms with Gasteiger partial charge in [0.15, 0.2) is 17.4 Å². The van der Waals surface area contributed by atoms with Gasteiger partial charge in [-0.2, -0.15) is 13.2 Å². The van der Waals surface area contributed by atoms with E-state index in [9.17, 15) is 36.6 Å². The van der Waals surface area contributed by atoms with Crippen LogP contribution in [0.3, 0.4) is 0 Å². The quantitative estimate of drug-likeness (QED) is 0.673. The molecule has 25 heavy (non-hydrogen) atoms. The molecule has 0 saturated carbocycles. The molecule has 0 radical (unpaired) electrons. The van der Waals surface area contributed by atoms with Gasteiger partial charge in [-0.1, -0.05) is 6.08 Å². The molecule has 0 fully saturated rings. The summed E-state index contributed by atoms with van der Waals surface area (Å²) < 4.78 is 66.5. The van der Waals surface area contributed by atoms with Gasteiger partial charge in [0.25, 0.3) is 5.56 Å². The molecule has 0 aliphatic heterocycles. The molecule has 0 spiro atoms. The molecule has 2 aromatic rings. The fraction of sp³-hybridized carbons (Fsp3) is 0.200. The van der Waals surface area contributed by atoms with Crippen molar-refractivity contribution in [3.05, 3.63) is 68.5 Å². The Kier molecular flexibility index (Phi) is 4.56. The molecule has 5 nitrogen and oxygen atoms in total. The predicted molar refractivity (Wildman–Crippen MR) is 77.8 cm³/mol. The molecule has 10 heteroatoms. The number of hydrogen-bond acceptors (Lipinski definition) is 3. The third-order valence-electron chi connectivity index (χ3n) is 3.46. The van der Waals surface area contributed by atoms with Crippen molar-refractivity contribution in [2.24, 2.45) is 7.05 Å². The van der Waals surface area contributed by atoms with Gasteiger partial charge in [-0.05, 0) is 6.42 Å². The summed E-state index contributed by atoms with van der Waals surface area (Å²) in [7, 11) is 0.746. The van der Waals surface area contributed by atoms with E-state index in [0.717, 1.165) is 13.1 Å². The molecule has 1 heterocycles. The van der Waals surface area contributed by atoms with Crippen LogP contribution < -0.4 is 11.2 Å². The zero-order valence-electron chi connectivity index (χ0n) is 12.7. The number of hydrogen-bond donors (Lipinski definition) is 1. The molecule has 1 aromatic carbocycles. The third kappa shape index (κ3) is 3.06. The lowest BCUT2D eigenvalue weighted by Gasteiger charge is -2.17. The number of rotatable bonds is 3. The number of aromatic nitrogens is 2. The molecule has 0 aliphatic rings. The van der Waals surface area contributed by atoms with Crippen molar-refractivity contribution in [1.82, 2.24) is 9.13 Å². The highest BCUT2D eigenvalue weighted by molar-refractivity contribution is 5.52. The van der Waals surface area contributed by atoms with Crippen LogP contribution in [0.15, 0.2) is 34.4 Å². The van der Waals surface area contributed by atoms with Crippen LogP contribution in [0, 0.1) is 11.6 Å². The van der Waals surface area contributed by atoms with Gasteiger partial charge in [-0.3, -0.25) is 9.36 Å². The Bertz CT molecular complexity index is 973.